The van der Waals surface area contributed by atoms with Gasteiger partial charge in [-0.15, -0.1) is 0 Å². The number of esters is 2. The minimum atomic E-state index is -5.17. The number of carbonyl (C=O) groups excluding carboxylic acids is 2. The third-order valence-electron chi connectivity index (χ3n) is 5.26. The summed E-state index contributed by atoms with van der Waals surface area (Å²) in [6.07, 6.45) is -1.23. The van der Waals surface area contributed by atoms with Crippen molar-refractivity contribution in [1.29, 1.82) is 0 Å². The van der Waals surface area contributed by atoms with Crippen molar-refractivity contribution < 1.29 is 32.2 Å². The lowest BCUT2D eigenvalue weighted by Crippen LogP contribution is -2.29. The number of carbonyl (C=O) groups is 2. The highest BCUT2D eigenvalue weighted by Crippen LogP contribution is 2.27. The fourth-order valence-corrected chi connectivity index (χ4v) is 3.59. The van der Waals surface area contributed by atoms with Crippen LogP contribution in [-0.4, -0.2) is 36.2 Å². The highest BCUT2D eigenvalue weighted by atomic mass is 19.4. The van der Waals surface area contributed by atoms with Crippen molar-refractivity contribution in [2.45, 2.75) is 51.4 Å². The summed E-state index contributed by atoms with van der Waals surface area (Å²) in [7, 11) is 0. The molecule has 0 unspecified atom stereocenters. The van der Waals surface area contributed by atoms with Gasteiger partial charge in [-0.2, -0.15) is 13.2 Å². The van der Waals surface area contributed by atoms with Crippen molar-refractivity contribution in [2.75, 3.05) is 13.2 Å². The molecule has 0 saturated heterocycles. The molecule has 8 heteroatoms. The second kappa shape index (κ2) is 11.1. The molecular formula is C24H26F3NO4. The normalized spacial score (nSPS) is 13.6. The second-order valence-corrected chi connectivity index (χ2v) is 7.80. The van der Waals surface area contributed by atoms with Crippen LogP contribution < -0.4 is 4.74 Å². The van der Waals surface area contributed by atoms with Crippen LogP contribution >= 0.6 is 0 Å². The first-order chi connectivity index (χ1) is 15.3. The van der Waals surface area contributed by atoms with Crippen LogP contribution in [0.5, 0.6) is 5.75 Å². The van der Waals surface area contributed by atoms with Gasteiger partial charge < -0.3 is 9.47 Å². The summed E-state index contributed by atoms with van der Waals surface area (Å²) < 4.78 is 46.1. The molecule has 32 heavy (non-hydrogen) atoms. The number of halogens is 3. The lowest BCUT2D eigenvalue weighted by molar-refractivity contribution is -0.201. The first-order valence-corrected chi connectivity index (χ1v) is 10.6. The second-order valence-electron chi connectivity index (χ2n) is 7.80. The van der Waals surface area contributed by atoms with E-state index in [1.54, 1.807) is 0 Å². The number of aryl methyl sites for hydroxylation is 1. The first-order valence-electron chi connectivity index (χ1n) is 10.6. The lowest BCUT2D eigenvalue weighted by atomic mass is 10.1. The quantitative estimate of drug-likeness (QED) is 0.296. The Balaban J connectivity index is 1.34. The molecule has 0 N–H and O–H groups in total. The maximum absolute atomic E-state index is 12.1. The van der Waals surface area contributed by atoms with Crippen molar-refractivity contribution >= 4 is 11.9 Å². The summed E-state index contributed by atoms with van der Waals surface area (Å²) in [4.78, 5) is 24.1. The topological polar surface area (TPSA) is 55.8 Å². The van der Waals surface area contributed by atoms with Gasteiger partial charge in [-0.25, -0.2) is 4.79 Å². The van der Waals surface area contributed by atoms with Gasteiger partial charge in [0.2, 0.25) is 0 Å². The SMILES string of the molecule is O=C(CCN1Cc2ccc(OCCCCCc3ccccc3)cc2C1)OC(=O)C(F)(F)F. The highest BCUT2D eigenvalue weighted by Gasteiger charge is 2.42. The van der Waals surface area contributed by atoms with Crippen molar-refractivity contribution in [3.8, 4) is 5.75 Å². The predicted molar refractivity (Wildman–Crippen MR) is 112 cm³/mol. The van der Waals surface area contributed by atoms with Crippen LogP contribution in [0.15, 0.2) is 48.5 Å². The van der Waals surface area contributed by atoms with Crippen LogP contribution in [0.2, 0.25) is 0 Å². The standard InChI is InChI=1S/C24H26F3NO4/c25-24(26,27)23(30)32-22(29)12-13-28-16-19-10-11-21(15-20(19)17-28)31-14-6-2-5-9-18-7-3-1-4-8-18/h1,3-4,7-8,10-11,15H,2,5-6,9,12-14,16-17H2. The summed E-state index contributed by atoms with van der Waals surface area (Å²) in [6.45, 7) is 1.98. The summed E-state index contributed by atoms with van der Waals surface area (Å²) in [5, 5.41) is 0. The Morgan fingerprint density at radius 2 is 1.69 bits per heavy atom. The Morgan fingerprint density at radius 3 is 2.44 bits per heavy atom. The van der Waals surface area contributed by atoms with E-state index in [1.165, 1.54) is 5.56 Å². The molecule has 5 nitrogen and oxygen atoms in total. The molecule has 0 saturated carbocycles. The van der Waals surface area contributed by atoms with Crippen LogP contribution in [-0.2, 0) is 33.8 Å². The monoisotopic (exact) mass is 449 g/mol. The molecule has 1 heterocycles. The molecular weight excluding hydrogens is 423 g/mol. The zero-order valence-electron chi connectivity index (χ0n) is 17.7. The highest BCUT2D eigenvalue weighted by molar-refractivity contribution is 5.88. The Kier molecular flexibility index (Phi) is 8.27. The molecule has 1 aliphatic rings. The van der Waals surface area contributed by atoms with E-state index in [4.69, 9.17) is 4.74 Å². The van der Waals surface area contributed by atoms with Gasteiger partial charge >= 0.3 is 18.1 Å². The molecule has 2 aromatic carbocycles. The molecule has 1 aliphatic heterocycles. The van der Waals surface area contributed by atoms with Gasteiger partial charge in [-0.05, 0) is 54.5 Å². The van der Waals surface area contributed by atoms with E-state index in [9.17, 15) is 22.8 Å². The van der Waals surface area contributed by atoms with Crippen molar-refractivity contribution in [1.82, 2.24) is 4.90 Å². The predicted octanol–water partition coefficient (Wildman–Crippen LogP) is 4.82. The molecule has 0 aromatic heterocycles. The van der Waals surface area contributed by atoms with Crippen molar-refractivity contribution in [2.24, 2.45) is 0 Å². The number of ether oxygens (including phenoxy) is 2. The largest absolute Gasteiger partial charge is 0.494 e. The maximum atomic E-state index is 12.1. The van der Waals surface area contributed by atoms with Gasteiger partial charge in [0.15, 0.2) is 0 Å². The summed E-state index contributed by atoms with van der Waals surface area (Å²) in [6, 6.07) is 16.2. The van der Waals surface area contributed by atoms with E-state index >= 15 is 0 Å². The number of nitrogens with zero attached hydrogens (tertiary/aromatic N) is 1. The maximum Gasteiger partial charge on any atom is 0.491 e. The van der Waals surface area contributed by atoms with E-state index in [1.807, 2.05) is 41.3 Å². The number of alkyl halides is 3. The zero-order valence-corrected chi connectivity index (χ0v) is 17.7. The minimum absolute atomic E-state index is 0.205. The van der Waals surface area contributed by atoms with Crippen molar-refractivity contribution in [3.05, 3.63) is 65.2 Å². The molecule has 0 aliphatic carbocycles. The average Bonchev–Trinajstić information content (AvgIpc) is 3.17. The molecule has 0 amide bonds. The summed E-state index contributed by atoms with van der Waals surface area (Å²) >= 11 is 0. The molecule has 0 radical (unpaired) electrons. The van der Waals surface area contributed by atoms with E-state index in [2.05, 4.69) is 16.9 Å². The van der Waals surface area contributed by atoms with Crippen LogP contribution in [0.1, 0.15) is 42.4 Å². The Bertz CT molecular complexity index is 915. The number of rotatable bonds is 10. The van der Waals surface area contributed by atoms with Crippen LogP contribution in [0, 0.1) is 0 Å². The number of unbranched alkanes of at least 4 members (excludes halogenated alkanes) is 2. The summed E-state index contributed by atoms with van der Waals surface area (Å²) in [5.74, 6) is -2.88. The van der Waals surface area contributed by atoms with Crippen LogP contribution in [0.4, 0.5) is 13.2 Å². The van der Waals surface area contributed by atoms with Gasteiger partial charge in [-0.3, -0.25) is 9.69 Å². The molecule has 0 bridgehead atoms. The van der Waals surface area contributed by atoms with Gasteiger partial charge in [0.25, 0.3) is 0 Å². The average molecular weight is 449 g/mol. The number of hydrogen-bond donors (Lipinski definition) is 0. The number of fused-ring (bicyclic) bond motifs is 1. The molecule has 2 aromatic rings. The van der Waals surface area contributed by atoms with E-state index in [-0.39, 0.29) is 13.0 Å². The fraction of sp³-hybridized carbons (Fsp3) is 0.417. The smallest absolute Gasteiger partial charge is 0.491 e. The first kappa shape index (κ1) is 23.8. The number of benzene rings is 2. The zero-order chi connectivity index (χ0) is 23.0. The van der Waals surface area contributed by atoms with E-state index < -0.39 is 18.1 Å². The Hall–Kier alpha value is -2.87. The molecule has 0 atom stereocenters. The molecule has 0 fully saturated rings. The summed E-state index contributed by atoms with van der Waals surface area (Å²) in [5.41, 5.74) is 3.49. The Morgan fingerprint density at radius 1 is 0.938 bits per heavy atom. The van der Waals surface area contributed by atoms with Gasteiger partial charge in [0.1, 0.15) is 5.75 Å². The van der Waals surface area contributed by atoms with Crippen molar-refractivity contribution in [3.63, 3.8) is 0 Å². The van der Waals surface area contributed by atoms with Gasteiger partial charge in [-0.1, -0.05) is 36.4 Å². The Labute approximate surface area is 185 Å². The molecule has 172 valence electrons. The van der Waals surface area contributed by atoms with Gasteiger partial charge in [0.05, 0.1) is 13.0 Å². The third-order valence-corrected chi connectivity index (χ3v) is 5.26. The minimum Gasteiger partial charge on any atom is -0.494 e. The van der Waals surface area contributed by atoms with Crippen LogP contribution in [0.3, 0.4) is 0 Å². The molecule has 0 spiro atoms. The number of hydrogen-bond acceptors (Lipinski definition) is 5. The van der Waals surface area contributed by atoms with E-state index in [0.29, 0.717) is 19.7 Å². The lowest BCUT2D eigenvalue weighted by Gasteiger charge is -2.13. The molecule has 3 rings (SSSR count). The van der Waals surface area contributed by atoms with Crippen LogP contribution in [0.25, 0.3) is 0 Å². The van der Waals surface area contributed by atoms with Gasteiger partial charge in [0, 0.05) is 19.6 Å². The van der Waals surface area contributed by atoms with E-state index in [0.717, 1.165) is 42.6 Å². The fourth-order valence-electron chi connectivity index (χ4n) is 3.59. The third kappa shape index (κ3) is 7.37.